The van der Waals surface area contributed by atoms with E-state index in [0.717, 1.165) is 16.3 Å². The Labute approximate surface area is 110 Å². The quantitative estimate of drug-likeness (QED) is 0.890. The minimum absolute atomic E-state index is 0.00392. The Balaban J connectivity index is 2.42. The van der Waals surface area contributed by atoms with Gasteiger partial charge in [0.15, 0.2) is 0 Å². The number of hydrogen-bond donors (Lipinski definition) is 2. The second-order valence-electron chi connectivity index (χ2n) is 4.63. The number of aromatic nitrogens is 2. The summed E-state index contributed by atoms with van der Waals surface area (Å²) in [6.07, 6.45) is 0. The average Bonchev–Trinajstić information content (AvgIpc) is 2.86. The summed E-state index contributed by atoms with van der Waals surface area (Å²) in [5.74, 6) is -0.878. The van der Waals surface area contributed by atoms with Crippen LogP contribution in [0.15, 0.2) is 17.5 Å². The highest BCUT2D eigenvalue weighted by Crippen LogP contribution is 2.30. The number of rotatable bonds is 4. The Morgan fingerprint density at radius 1 is 1.50 bits per heavy atom. The van der Waals surface area contributed by atoms with Crippen LogP contribution in [0.2, 0.25) is 0 Å². The molecular weight excluding hydrogens is 248 g/mol. The predicted molar refractivity (Wildman–Crippen MR) is 71.9 cm³/mol. The zero-order valence-electron chi connectivity index (χ0n) is 10.6. The molecular formula is C13H16N2O2S. The van der Waals surface area contributed by atoms with Crippen molar-refractivity contribution in [3.63, 3.8) is 0 Å². The summed E-state index contributed by atoms with van der Waals surface area (Å²) in [5, 5.41) is 11.3. The highest BCUT2D eigenvalue weighted by atomic mass is 32.1. The van der Waals surface area contributed by atoms with Crippen molar-refractivity contribution in [3.8, 4) is 10.6 Å². The molecule has 2 rings (SSSR count). The molecule has 2 heterocycles. The van der Waals surface area contributed by atoms with Crippen molar-refractivity contribution in [2.75, 3.05) is 0 Å². The fourth-order valence-corrected chi connectivity index (χ4v) is 2.77. The molecule has 0 spiro atoms. The van der Waals surface area contributed by atoms with Crippen LogP contribution in [0.5, 0.6) is 0 Å². The van der Waals surface area contributed by atoms with E-state index in [-0.39, 0.29) is 5.92 Å². The van der Waals surface area contributed by atoms with Crippen molar-refractivity contribution in [3.05, 3.63) is 29.0 Å². The smallest absolute Gasteiger partial charge is 0.314 e. The van der Waals surface area contributed by atoms with E-state index in [2.05, 4.69) is 9.97 Å². The lowest BCUT2D eigenvalue weighted by molar-refractivity contribution is -0.140. The van der Waals surface area contributed by atoms with E-state index in [1.54, 1.807) is 11.3 Å². The first kappa shape index (κ1) is 12.8. The molecule has 0 saturated heterocycles. The Hall–Kier alpha value is -1.62. The maximum Gasteiger partial charge on any atom is 0.314 e. The van der Waals surface area contributed by atoms with Crippen molar-refractivity contribution in [1.29, 1.82) is 0 Å². The van der Waals surface area contributed by atoms with E-state index in [1.165, 1.54) is 0 Å². The molecule has 2 N–H and O–H groups in total. The lowest BCUT2D eigenvalue weighted by Gasteiger charge is -2.12. The Bertz CT molecular complexity index is 543. The lowest BCUT2D eigenvalue weighted by atomic mass is 9.95. The zero-order valence-corrected chi connectivity index (χ0v) is 11.4. The van der Waals surface area contributed by atoms with Crippen molar-refractivity contribution < 1.29 is 9.90 Å². The highest BCUT2D eigenvalue weighted by Gasteiger charge is 2.27. The van der Waals surface area contributed by atoms with Gasteiger partial charge in [-0.25, -0.2) is 4.98 Å². The molecule has 0 aliphatic carbocycles. The number of aromatic amines is 1. The third-order valence-corrected chi connectivity index (χ3v) is 3.76. The average molecular weight is 264 g/mol. The van der Waals surface area contributed by atoms with E-state index in [0.29, 0.717) is 5.82 Å². The van der Waals surface area contributed by atoms with Crippen LogP contribution >= 0.6 is 11.3 Å². The number of thiophene rings is 1. The molecule has 4 nitrogen and oxygen atoms in total. The van der Waals surface area contributed by atoms with Gasteiger partial charge in [0.2, 0.25) is 0 Å². The number of nitrogens with zero attached hydrogens (tertiary/aromatic N) is 1. The number of carboxylic acids is 1. The first-order valence-electron chi connectivity index (χ1n) is 5.84. The second-order valence-corrected chi connectivity index (χ2v) is 5.58. The maximum atomic E-state index is 11.3. The minimum atomic E-state index is -0.837. The number of hydrogen-bond acceptors (Lipinski definition) is 3. The molecule has 0 saturated carbocycles. The first-order chi connectivity index (χ1) is 8.50. The summed E-state index contributed by atoms with van der Waals surface area (Å²) in [6.45, 7) is 5.70. The van der Waals surface area contributed by atoms with Crippen LogP contribution in [0.3, 0.4) is 0 Å². The fourth-order valence-electron chi connectivity index (χ4n) is 2.00. The SMILES string of the molecule is Cc1[nH]c(C(C(=O)O)C(C)C)nc1-c1cccs1. The molecule has 0 aliphatic rings. The summed E-state index contributed by atoms with van der Waals surface area (Å²) in [7, 11) is 0. The van der Waals surface area contributed by atoms with Gasteiger partial charge in [-0.05, 0) is 24.3 Å². The number of carbonyl (C=O) groups is 1. The molecule has 0 amide bonds. The molecule has 0 aliphatic heterocycles. The molecule has 1 atom stereocenters. The van der Waals surface area contributed by atoms with Gasteiger partial charge in [-0.1, -0.05) is 19.9 Å². The van der Waals surface area contributed by atoms with E-state index in [9.17, 15) is 9.90 Å². The summed E-state index contributed by atoms with van der Waals surface area (Å²) in [4.78, 5) is 19.9. The van der Waals surface area contributed by atoms with Gasteiger partial charge in [-0.15, -0.1) is 11.3 Å². The molecule has 2 aromatic rings. The Morgan fingerprint density at radius 2 is 2.22 bits per heavy atom. The lowest BCUT2D eigenvalue weighted by Crippen LogP contribution is -2.18. The van der Waals surface area contributed by atoms with Crippen LogP contribution in [0, 0.1) is 12.8 Å². The number of carboxylic acid groups (broad SMARTS) is 1. The third kappa shape index (κ3) is 2.31. The molecule has 18 heavy (non-hydrogen) atoms. The summed E-state index contributed by atoms with van der Waals surface area (Å²) < 4.78 is 0. The second kappa shape index (κ2) is 4.94. The van der Waals surface area contributed by atoms with Gasteiger partial charge >= 0.3 is 5.97 Å². The first-order valence-corrected chi connectivity index (χ1v) is 6.72. The van der Waals surface area contributed by atoms with E-state index >= 15 is 0 Å². The van der Waals surface area contributed by atoms with Gasteiger partial charge in [0.05, 0.1) is 4.88 Å². The zero-order chi connectivity index (χ0) is 13.3. The Kier molecular flexibility index (Phi) is 3.52. The monoisotopic (exact) mass is 264 g/mol. The number of H-pyrrole nitrogens is 1. The maximum absolute atomic E-state index is 11.3. The molecule has 1 unspecified atom stereocenters. The minimum Gasteiger partial charge on any atom is -0.481 e. The number of aryl methyl sites for hydroxylation is 1. The topological polar surface area (TPSA) is 66.0 Å². The molecule has 5 heteroatoms. The molecule has 2 aromatic heterocycles. The van der Waals surface area contributed by atoms with Gasteiger partial charge in [0.1, 0.15) is 17.4 Å². The fraction of sp³-hybridized carbons (Fsp3) is 0.385. The van der Waals surface area contributed by atoms with Crippen LogP contribution in [0.1, 0.15) is 31.3 Å². The molecule has 0 bridgehead atoms. The van der Waals surface area contributed by atoms with Gasteiger partial charge in [0.25, 0.3) is 0 Å². The molecule has 0 radical (unpaired) electrons. The van der Waals surface area contributed by atoms with Gasteiger partial charge < -0.3 is 10.1 Å². The van der Waals surface area contributed by atoms with E-state index < -0.39 is 11.9 Å². The van der Waals surface area contributed by atoms with E-state index in [4.69, 9.17) is 0 Å². The van der Waals surface area contributed by atoms with Crippen molar-refractivity contribution in [2.24, 2.45) is 5.92 Å². The van der Waals surface area contributed by atoms with Gasteiger partial charge in [0, 0.05) is 5.69 Å². The predicted octanol–water partition coefficient (Wildman–Crippen LogP) is 3.27. The van der Waals surface area contributed by atoms with Gasteiger partial charge in [-0.2, -0.15) is 0 Å². The normalized spacial score (nSPS) is 12.9. The standard InChI is InChI=1S/C13H16N2O2S/c1-7(2)10(13(16)17)12-14-8(3)11(15-12)9-5-4-6-18-9/h4-7,10H,1-3H3,(H,14,15)(H,16,17). The highest BCUT2D eigenvalue weighted by molar-refractivity contribution is 7.13. The van der Waals surface area contributed by atoms with Crippen molar-refractivity contribution in [1.82, 2.24) is 9.97 Å². The molecule has 96 valence electrons. The number of nitrogens with one attached hydrogen (secondary N) is 1. The van der Waals surface area contributed by atoms with Crippen molar-refractivity contribution >= 4 is 17.3 Å². The number of aliphatic carboxylic acids is 1. The molecule has 0 aromatic carbocycles. The van der Waals surface area contributed by atoms with Crippen molar-refractivity contribution in [2.45, 2.75) is 26.7 Å². The Morgan fingerprint density at radius 3 is 2.72 bits per heavy atom. The molecule has 0 fully saturated rings. The van der Waals surface area contributed by atoms with Crippen LogP contribution in [0.25, 0.3) is 10.6 Å². The summed E-state index contributed by atoms with van der Waals surface area (Å²) >= 11 is 1.60. The number of imidazole rings is 1. The van der Waals surface area contributed by atoms with Gasteiger partial charge in [-0.3, -0.25) is 4.79 Å². The van der Waals surface area contributed by atoms with Crippen LogP contribution < -0.4 is 0 Å². The largest absolute Gasteiger partial charge is 0.481 e. The summed E-state index contributed by atoms with van der Waals surface area (Å²) in [5.41, 5.74) is 1.77. The van der Waals surface area contributed by atoms with Crippen LogP contribution in [-0.2, 0) is 4.79 Å². The summed E-state index contributed by atoms with van der Waals surface area (Å²) in [6, 6.07) is 3.95. The van der Waals surface area contributed by atoms with E-state index in [1.807, 2.05) is 38.3 Å². The third-order valence-electron chi connectivity index (χ3n) is 2.88. The van der Waals surface area contributed by atoms with Crippen LogP contribution in [-0.4, -0.2) is 21.0 Å². The van der Waals surface area contributed by atoms with Crippen LogP contribution in [0.4, 0.5) is 0 Å².